The van der Waals surface area contributed by atoms with Crippen LogP contribution < -0.4 is 10.6 Å². The van der Waals surface area contributed by atoms with Gasteiger partial charge in [-0.2, -0.15) is 0 Å². The van der Waals surface area contributed by atoms with Gasteiger partial charge in [0.05, 0.1) is 6.04 Å². The summed E-state index contributed by atoms with van der Waals surface area (Å²) in [7, 11) is 0. The molecule has 23 heavy (non-hydrogen) atoms. The molecule has 0 aliphatic carbocycles. The molecule has 0 aliphatic heterocycles. The first kappa shape index (κ1) is 21.4. The number of ether oxygens (including phenoxy) is 1. The van der Waals surface area contributed by atoms with Crippen molar-refractivity contribution in [3.05, 3.63) is 0 Å². The van der Waals surface area contributed by atoms with Crippen LogP contribution in [0.3, 0.4) is 0 Å². The number of rotatable bonds is 10. The van der Waals surface area contributed by atoms with E-state index in [1.807, 2.05) is 34.6 Å². The van der Waals surface area contributed by atoms with Gasteiger partial charge in [-0.15, -0.1) is 0 Å². The molecule has 0 fully saturated rings. The monoisotopic (exact) mass is 328 g/mol. The van der Waals surface area contributed by atoms with Crippen LogP contribution in [0, 0.1) is 5.92 Å². The highest BCUT2D eigenvalue weighted by Gasteiger charge is 2.15. The number of alkyl carbamates (subject to hydrolysis) is 1. The van der Waals surface area contributed by atoms with Crippen LogP contribution in [0.4, 0.5) is 4.79 Å². The van der Waals surface area contributed by atoms with E-state index in [1.54, 1.807) is 0 Å². The summed E-state index contributed by atoms with van der Waals surface area (Å²) in [5.41, 5.74) is -0.493. The van der Waals surface area contributed by atoms with Crippen molar-refractivity contribution in [2.24, 2.45) is 5.92 Å². The standard InChI is InChI=1S/C17H32N2O4/c1-13(2)11-14(12-20)19-15(21)9-7-6-8-10-18-16(22)23-17(3,4)5/h12-14H,6-11H2,1-5H3,(H,18,22)(H,19,21). The highest BCUT2D eigenvalue weighted by atomic mass is 16.6. The molecule has 0 saturated carbocycles. The van der Waals surface area contributed by atoms with Gasteiger partial charge in [0.1, 0.15) is 11.9 Å². The van der Waals surface area contributed by atoms with Gasteiger partial charge in [-0.25, -0.2) is 4.79 Å². The minimum absolute atomic E-state index is 0.0946. The molecule has 2 amide bonds. The number of aldehydes is 1. The number of amides is 2. The molecular formula is C17H32N2O4. The quantitative estimate of drug-likeness (QED) is 0.477. The third kappa shape index (κ3) is 13.8. The SMILES string of the molecule is CC(C)CC(C=O)NC(=O)CCCCCNC(=O)OC(C)(C)C. The third-order valence-electron chi connectivity index (χ3n) is 2.98. The normalized spacial score (nSPS) is 12.6. The van der Waals surface area contributed by atoms with Crippen LogP contribution in [-0.4, -0.2) is 36.5 Å². The lowest BCUT2D eigenvalue weighted by Crippen LogP contribution is -2.36. The second-order valence-electron chi connectivity index (χ2n) is 7.18. The molecule has 0 aromatic carbocycles. The van der Waals surface area contributed by atoms with Crippen LogP contribution in [-0.2, 0) is 14.3 Å². The summed E-state index contributed by atoms with van der Waals surface area (Å²) in [4.78, 5) is 34.0. The molecule has 0 radical (unpaired) electrons. The van der Waals surface area contributed by atoms with Gasteiger partial charge in [0.25, 0.3) is 0 Å². The molecule has 6 nitrogen and oxygen atoms in total. The summed E-state index contributed by atoms with van der Waals surface area (Å²) < 4.78 is 5.12. The minimum Gasteiger partial charge on any atom is -0.444 e. The number of hydrogen-bond acceptors (Lipinski definition) is 4. The molecule has 0 rings (SSSR count). The molecule has 0 spiro atoms. The number of nitrogens with one attached hydrogen (secondary N) is 2. The van der Waals surface area contributed by atoms with Crippen LogP contribution in [0.5, 0.6) is 0 Å². The summed E-state index contributed by atoms with van der Waals surface area (Å²) in [6.07, 6.45) is 3.79. The van der Waals surface area contributed by atoms with Crippen molar-refractivity contribution in [3.8, 4) is 0 Å². The Morgan fingerprint density at radius 1 is 1.13 bits per heavy atom. The molecule has 0 heterocycles. The molecule has 0 aliphatic rings. The van der Waals surface area contributed by atoms with E-state index in [9.17, 15) is 14.4 Å². The first-order valence-electron chi connectivity index (χ1n) is 8.35. The molecule has 6 heteroatoms. The smallest absolute Gasteiger partial charge is 0.407 e. The largest absolute Gasteiger partial charge is 0.444 e. The Labute approximate surface area is 139 Å². The fourth-order valence-electron chi connectivity index (χ4n) is 2.03. The zero-order valence-corrected chi connectivity index (χ0v) is 15.1. The molecule has 0 bridgehead atoms. The highest BCUT2D eigenvalue weighted by Crippen LogP contribution is 2.07. The van der Waals surface area contributed by atoms with E-state index in [2.05, 4.69) is 10.6 Å². The van der Waals surface area contributed by atoms with Gasteiger partial charge in [0.15, 0.2) is 0 Å². The summed E-state index contributed by atoms with van der Waals surface area (Å²) in [6, 6.07) is -0.392. The number of unbranched alkanes of at least 4 members (excludes halogenated alkanes) is 2. The molecule has 1 unspecified atom stereocenters. The van der Waals surface area contributed by atoms with E-state index in [0.29, 0.717) is 25.3 Å². The fourth-order valence-corrected chi connectivity index (χ4v) is 2.03. The van der Waals surface area contributed by atoms with Crippen molar-refractivity contribution >= 4 is 18.3 Å². The highest BCUT2D eigenvalue weighted by molar-refractivity contribution is 5.79. The molecule has 1 atom stereocenters. The van der Waals surface area contributed by atoms with Crippen LogP contribution in [0.1, 0.15) is 66.7 Å². The van der Waals surface area contributed by atoms with Gasteiger partial charge in [-0.1, -0.05) is 20.3 Å². The van der Waals surface area contributed by atoms with Gasteiger partial charge in [-0.3, -0.25) is 4.79 Å². The first-order valence-corrected chi connectivity index (χ1v) is 8.35. The first-order chi connectivity index (χ1) is 10.6. The van der Waals surface area contributed by atoms with Crippen LogP contribution >= 0.6 is 0 Å². The predicted octanol–water partition coefficient (Wildman–Crippen LogP) is 2.80. The molecular weight excluding hydrogens is 296 g/mol. The lowest BCUT2D eigenvalue weighted by atomic mass is 10.0. The van der Waals surface area contributed by atoms with Crippen molar-refractivity contribution < 1.29 is 19.1 Å². The molecule has 0 saturated heterocycles. The van der Waals surface area contributed by atoms with E-state index in [-0.39, 0.29) is 5.91 Å². The Kier molecular flexibility index (Phi) is 10.3. The lowest BCUT2D eigenvalue weighted by molar-refractivity contribution is -0.124. The van der Waals surface area contributed by atoms with Gasteiger partial charge >= 0.3 is 6.09 Å². The average molecular weight is 328 g/mol. The van der Waals surface area contributed by atoms with E-state index in [4.69, 9.17) is 4.74 Å². The number of carbonyl (C=O) groups excluding carboxylic acids is 3. The molecule has 0 aromatic rings. The maximum Gasteiger partial charge on any atom is 0.407 e. The van der Waals surface area contributed by atoms with Crippen molar-refractivity contribution in [1.82, 2.24) is 10.6 Å². The molecule has 0 aromatic heterocycles. The van der Waals surface area contributed by atoms with Crippen LogP contribution in [0.2, 0.25) is 0 Å². The Morgan fingerprint density at radius 3 is 2.30 bits per heavy atom. The summed E-state index contributed by atoms with van der Waals surface area (Å²) in [6.45, 7) is 10.0. The second-order valence-corrected chi connectivity index (χ2v) is 7.18. The van der Waals surface area contributed by atoms with Crippen LogP contribution in [0.15, 0.2) is 0 Å². The van der Waals surface area contributed by atoms with Crippen molar-refractivity contribution in [3.63, 3.8) is 0 Å². The van der Waals surface area contributed by atoms with Crippen molar-refractivity contribution in [2.75, 3.05) is 6.54 Å². The van der Waals surface area contributed by atoms with E-state index in [0.717, 1.165) is 25.5 Å². The van der Waals surface area contributed by atoms with Crippen molar-refractivity contribution in [1.29, 1.82) is 0 Å². The second kappa shape index (κ2) is 11.0. The van der Waals surface area contributed by atoms with Gasteiger partial charge in [-0.05, 0) is 46.0 Å². The summed E-state index contributed by atoms with van der Waals surface area (Å²) >= 11 is 0. The van der Waals surface area contributed by atoms with Crippen LogP contribution in [0.25, 0.3) is 0 Å². The molecule has 134 valence electrons. The maximum absolute atomic E-state index is 11.7. The average Bonchev–Trinajstić information content (AvgIpc) is 2.39. The maximum atomic E-state index is 11.7. The predicted molar refractivity (Wildman–Crippen MR) is 90.2 cm³/mol. The third-order valence-corrected chi connectivity index (χ3v) is 2.98. The summed E-state index contributed by atoms with van der Waals surface area (Å²) in [5, 5.41) is 5.42. The Hall–Kier alpha value is -1.59. The number of hydrogen-bond donors (Lipinski definition) is 2. The van der Waals surface area contributed by atoms with Gasteiger partial charge in [0, 0.05) is 13.0 Å². The Morgan fingerprint density at radius 2 is 1.78 bits per heavy atom. The Bertz CT molecular complexity index is 375. The summed E-state index contributed by atoms with van der Waals surface area (Å²) in [5.74, 6) is 0.271. The van der Waals surface area contributed by atoms with Crippen molar-refractivity contribution in [2.45, 2.75) is 78.4 Å². The topological polar surface area (TPSA) is 84.5 Å². The fraction of sp³-hybridized carbons (Fsp3) is 0.824. The number of carbonyl (C=O) groups is 3. The molecule has 2 N–H and O–H groups in total. The van der Waals surface area contributed by atoms with E-state index < -0.39 is 17.7 Å². The zero-order valence-electron chi connectivity index (χ0n) is 15.1. The van der Waals surface area contributed by atoms with E-state index >= 15 is 0 Å². The van der Waals surface area contributed by atoms with E-state index in [1.165, 1.54) is 0 Å². The minimum atomic E-state index is -0.493. The van der Waals surface area contributed by atoms with Gasteiger partial charge < -0.3 is 20.2 Å². The lowest BCUT2D eigenvalue weighted by Gasteiger charge is -2.19. The van der Waals surface area contributed by atoms with Gasteiger partial charge in [0.2, 0.25) is 5.91 Å². The zero-order chi connectivity index (χ0) is 17.9. The Balaban J connectivity index is 3.70.